The monoisotopic (exact) mass is 239 g/mol. The van der Waals surface area contributed by atoms with Crippen LogP contribution in [-0.4, -0.2) is 16.1 Å². The molecule has 16 heavy (non-hydrogen) atoms. The van der Waals surface area contributed by atoms with Crippen molar-refractivity contribution in [2.45, 2.75) is 37.5 Å². The summed E-state index contributed by atoms with van der Waals surface area (Å²) in [5.74, 6) is -0.798. The summed E-state index contributed by atoms with van der Waals surface area (Å²) in [5.41, 5.74) is -0.333. The zero-order valence-electron chi connectivity index (χ0n) is 8.95. The minimum Gasteiger partial charge on any atom is -0.481 e. The van der Waals surface area contributed by atoms with Gasteiger partial charge in [-0.15, -0.1) is 0 Å². The van der Waals surface area contributed by atoms with Crippen LogP contribution >= 0.6 is 11.6 Å². The Morgan fingerprint density at radius 2 is 2.06 bits per heavy atom. The van der Waals surface area contributed by atoms with Crippen LogP contribution < -0.4 is 0 Å². The van der Waals surface area contributed by atoms with Crippen LogP contribution in [0.5, 0.6) is 0 Å². The van der Waals surface area contributed by atoms with E-state index < -0.39 is 11.4 Å². The van der Waals surface area contributed by atoms with E-state index in [1.807, 2.05) is 0 Å². The van der Waals surface area contributed by atoms with Crippen LogP contribution in [0.2, 0.25) is 5.02 Å². The number of halogens is 1. The lowest BCUT2D eigenvalue weighted by Crippen LogP contribution is -2.38. The average Bonchev–Trinajstić information content (AvgIpc) is 2.30. The van der Waals surface area contributed by atoms with Crippen LogP contribution in [0.3, 0.4) is 0 Å². The molecule has 1 fully saturated rings. The minimum atomic E-state index is -0.864. The van der Waals surface area contributed by atoms with Crippen molar-refractivity contribution in [1.29, 1.82) is 0 Å². The van der Waals surface area contributed by atoms with Gasteiger partial charge in [0.05, 0.1) is 10.7 Å². The van der Waals surface area contributed by atoms with Gasteiger partial charge in [0.15, 0.2) is 0 Å². The first-order valence-corrected chi connectivity index (χ1v) is 5.89. The molecule has 0 bridgehead atoms. The molecular weight excluding hydrogens is 226 g/mol. The zero-order valence-corrected chi connectivity index (χ0v) is 9.70. The summed E-state index contributed by atoms with van der Waals surface area (Å²) in [6, 6.07) is 3.44. The summed E-state index contributed by atoms with van der Waals surface area (Å²) >= 11 is 6.07. The number of nitrogens with zero attached hydrogens (tertiary/aromatic N) is 1. The molecule has 0 saturated heterocycles. The van der Waals surface area contributed by atoms with Crippen molar-refractivity contribution in [3.05, 3.63) is 29.0 Å². The average molecular weight is 240 g/mol. The van der Waals surface area contributed by atoms with Gasteiger partial charge < -0.3 is 5.11 Å². The highest BCUT2D eigenvalue weighted by Crippen LogP contribution is 2.41. The molecule has 1 aromatic rings. The molecule has 4 heteroatoms. The van der Waals surface area contributed by atoms with Crippen LogP contribution in [0.25, 0.3) is 0 Å². The summed E-state index contributed by atoms with van der Waals surface area (Å²) in [4.78, 5) is 15.7. The lowest BCUT2D eigenvalue weighted by atomic mass is 9.71. The van der Waals surface area contributed by atoms with Gasteiger partial charge in [-0.3, -0.25) is 9.78 Å². The van der Waals surface area contributed by atoms with E-state index in [2.05, 4.69) is 4.98 Å². The number of carboxylic acids is 1. The molecule has 0 aromatic carbocycles. The lowest BCUT2D eigenvalue weighted by Gasteiger charge is -2.33. The van der Waals surface area contributed by atoms with E-state index in [-0.39, 0.29) is 0 Å². The molecule has 1 aromatic heterocycles. The number of carboxylic acid groups (broad SMARTS) is 1. The van der Waals surface area contributed by atoms with Gasteiger partial charge in [0.25, 0.3) is 0 Å². The molecule has 0 spiro atoms. The molecule has 0 amide bonds. The van der Waals surface area contributed by atoms with E-state index in [0.717, 1.165) is 19.3 Å². The molecule has 86 valence electrons. The number of hydrogen-bond acceptors (Lipinski definition) is 2. The fourth-order valence-corrected chi connectivity index (χ4v) is 2.75. The summed E-state index contributed by atoms with van der Waals surface area (Å²) in [6.07, 6.45) is 5.84. The maximum Gasteiger partial charge on any atom is 0.315 e. The number of hydrogen-bond donors (Lipinski definition) is 1. The van der Waals surface area contributed by atoms with Crippen LogP contribution in [0.1, 0.15) is 37.8 Å². The topological polar surface area (TPSA) is 50.2 Å². The highest BCUT2D eigenvalue weighted by molar-refractivity contribution is 6.31. The third-order valence-corrected chi connectivity index (χ3v) is 3.63. The van der Waals surface area contributed by atoms with Crippen molar-refractivity contribution in [3.8, 4) is 0 Å². The van der Waals surface area contributed by atoms with Crippen molar-refractivity contribution in [1.82, 2.24) is 4.98 Å². The lowest BCUT2D eigenvalue weighted by molar-refractivity contribution is -0.145. The molecular formula is C12H14ClNO2. The van der Waals surface area contributed by atoms with Gasteiger partial charge in [-0.2, -0.15) is 0 Å². The molecule has 3 nitrogen and oxygen atoms in total. The Hall–Kier alpha value is -1.09. The van der Waals surface area contributed by atoms with Crippen molar-refractivity contribution in [2.75, 3.05) is 0 Å². The Morgan fingerprint density at radius 1 is 1.38 bits per heavy atom. The fraction of sp³-hybridized carbons (Fsp3) is 0.500. The summed E-state index contributed by atoms with van der Waals surface area (Å²) in [5, 5.41) is 9.93. The van der Waals surface area contributed by atoms with Crippen molar-refractivity contribution >= 4 is 17.6 Å². The molecule has 0 aliphatic heterocycles. The van der Waals surface area contributed by atoms with Crippen molar-refractivity contribution in [3.63, 3.8) is 0 Å². The molecule has 1 heterocycles. The maximum atomic E-state index is 11.5. The van der Waals surface area contributed by atoms with Gasteiger partial charge in [-0.25, -0.2) is 0 Å². The highest BCUT2D eigenvalue weighted by atomic mass is 35.5. The van der Waals surface area contributed by atoms with Crippen LogP contribution in [0.4, 0.5) is 0 Å². The third kappa shape index (κ3) is 1.80. The van der Waals surface area contributed by atoms with Crippen molar-refractivity contribution < 1.29 is 9.90 Å². The van der Waals surface area contributed by atoms with Gasteiger partial charge in [0, 0.05) is 6.20 Å². The second-order valence-corrected chi connectivity index (χ2v) is 4.69. The second-order valence-electron chi connectivity index (χ2n) is 4.28. The van der Waals surface area contributed by atoms with E-state index in [1.165, 1.54) is 0 Å². The molecule has 0 unspecified atom stereocenters. The predicted molar refractivity (Wildman–Crippen MR) is 61.6 cm³/mol. The molecule has 0 radical (unpaired) electrons. The standard InChI is InChI=1S/C12H14ClNO2/c13-9-5-4-8-14-10(9)12(11(15)16)6-2-1-3-7-12/h4-5,8H,1-3,6-7H2,(H,15,16). The SMILES string of the molecule is O=C(O)C1(c2ncccc2Cl)CCCCC1. The summed E-state index contributed by atoms with van der Waals surface area (Å²) in [7, 11) is 0. The fourth-order valence-electron chi connectivity index (χ4n) is 2.45. The van der Waals surface area contributed by atoms with Crippen LogP contribution in [-0.2, 0) is 10.2 Å². The number of aliphatic carboxylic acids is 1. The van der Waals surface area contributed by atoms with Gasteiger partial charge in [-0.1, -0.05) is 30.9 Å². The Balaban J connectivity index is 2.47. The predicted octanol–water partition coefficient (Wildman–Crippen LogP) is 3.02. The van der Waals surface area contributed by atoms with Crippen molar-refractivity contribution in [2.24, 2.45) is 0 Å². The first kappa shape index (κ1) is 11.4. The Bertz CT molecular complexity index is 400. The molecule has 0 atom stereocenters. The highest BCUT2D eigenvalue weighted by Gasteiger charge is 2.43. The number of rotatable bonds is 2. The van der Waals surface area contributed by atoms with E-state index in [9.17, 15) is 9.90 Å². The molecule has 1 saturated carbocycles. The second kappa shape index (κ2) is 4.42. The van der Waals surface area contributed by atoms with E-state index in [0.29, 0.717) is 23.6 Å². The maximum absolute atomic E-state index is 11.5. The van der Waals surface area contributed by atoms with Gasteiger partial charge in [0.2, 0.25) is 0 Å². The smallest absolute Gasteiger partial charge is 0.315 e. The van der Waals surface area contributed by atoms with Crippen LogP contribution in [0, 0.1) is 0 Å². The van der Waals surface area contributed by atoms with E-state index in [4.69, 9.17) is 11.6 Å². The quantitative estimate of drug-likeness (QED) is 0.863. The Labute approximate surface area is 99.5 Å². The van der Waals surface area contributed by atoms with Gasteiger partial charge >= 0.3 is 5.97 Å². The first-order chi connectivity index (χ1) is 7.67. The first-order valence-electron chi connectivity index (χ1n) is 5.51. The van der Waals surface area contributed by atoms with Crippen LogP contribution in [0.15, 0.2) is 18.3 Å². The summed E-state index contributed by atoms with van der Waals surface area (Å²) < 4.78 is 0. The molecule has 1 aliphatic carbocycles. The van der Waals surface area contributed by atoms with E-state index in [1.54, 1.807) is 18.3 Å². The zero-order chi connectivity index (χ0) is 11.6. The summed E-state index contributed by atoms with van der Waals surface area (Å²) in [6.45, 7) is 0. The number of carbonyl (C=O) groups is 1. The number of pyridine rings is 1. The Morgan fingerprint density at radius 3 is 2.62 bits per heavy atom. The molecule has 1 aliphatic rings. The largest absolute Gasteiger partial charge is 0.481 e. The normalized spacial score (nSPS) is 19.3. The number of aromatic nitrogens is 1. The molecule has 1 N–H and O–H groups in total. The third-order valence-electron chi connectivity index (χ3n) is 3.33. The Kier molecular flexibility index (Phi) is 3.15. The van der Waals surface area contributed by atoms with E-state index >= 15 is 0 Å². The van der Waals surface area contributed by atoms with Gasteiger partial charge in [0.1, 0.15) is 5.41 Å². The van der Waals surface area contributed by atoms with Gasteiger partial charge in [-0.05, 0) is 25.0 Å². The molecule has 2 rings (SSSR count). The minimum absolute atomic E-state index is 0.465.